The molecule has 0 saturated carbocycles. The normalized spacial score (nSPS) is 17.6. The van der Waals surface area contributed by atoms with Crippen molar-refractivity contribution >= 4 is 16.6 Å². The quantitative estimate of drug-likeness (QED) is 0.504. The molecule has 3 rings (SSSR count). The zero-order chi connectivity index (χ0) is 14.7. The number of quaternary nitrogens is 1. The molecule has 4 nitrogen and oxygen atoms in total. The van der Waals surface area contributed by atoms with E-state index in [9.17, 15) is 0 Å². The molecule has 0 spiro atoms. The molecule has 1 aliphatic heterocycles. The number of benzene rings is 1. The molecule has 4 heteroatoms. The number of hydrogen-bond donors (Lipinski definition) is 1. The van der Waals surface area contributed by atoms with Gasteiger partial charge in [0.25, 0.3) is 0 Å². The van der Waals surface area contributed by atoms with Crippen molar-refractivity contribution in [3.63, 3.8) is 0 Å². The van der Waals surface area contributed by atoms with Gasteiger partial charge < -0.3 is 19.5 Å². The fraction of sp³-hybridized carbons (Fsp3) is 0.529. The highest BCUT2D eigenvalue weighted by atomic mass is 16.5. The standard InChI is InChI=1S/C17H26N3O/c1-20(10-2-3-11-20)12-14-21-13-9-19-8-7-15-16(18)5-4-6-17(15)19/h4-8H,2-3,9-14,18H2,1H3/q+1. The smallest absolute Gasteiger partial charge is 0.102 e. The average Bonchev–Trinajstić information content (AvgIpc) is 3.07. The van der Waals surface area contributed by atoms with Gasteiger partial charge in [0, 0.05) is 36.7 Å². The Balaban J connectivity index is 1.47. The Morgan fingerprint density at radius 1 is 1.19 bits per heavy atom. The van der Waals surface area contributed by atoms with Crippen LogP contribution in [0.3, 0.4) is 0 Å². The number of nitrogens with zero attached hydrogens (tertiary/aromatic N) is 2. The Hall–Kier alpha value is -1.52. The predicted octanol–water partition coefficient (Wildman–Crippen LogP) is 2.48. The van der Waals surface area contributed by atoms with Crippen molar-refractivity contribution in [1.29, 1.82) is 0 Å². The lowest BCUT2D eigenvalue weighted by molar-refractivity contribution is -0.898. The number of nitrogen functional groups attached to an aromatic ring is 1. The lowest BCUT2D eigenvalue weighted by Gasteiger charge is -2.28. The third kappa shape index (κ3) is 3.22. The van der Waals surface area contributed by atoms with Crippen molar-refractivity contribution in [3.05, 3.63) is 30.5 Å². The molecule has 2 aromatic rings. The first kappa shape index (κ1) is 14.4. The van der Waals surface area contributed by atoms with Gasteiger partial charge in [0.1, 0.15) is 6.54 Å². The minimum absolute atomic E-state index is 0.762. The Kier molecular flexibility index (Phi) is 4.17. The molecule has 1 fully saturated rings. The number of hydrogen-bond acceptors (Lipinski definition) is 2. The number of nitrogens with two attached hydrogens (primary N) is 1. The third-order valence-corrected chi connectivity index (χ3v) is 4.75. The molecule has 114 valence electrons. The van der Waals surface area contributed by atoms with E-state index in [-0.39, 0.29) is 0 Å². The molecule has 0 bridgehead atoms. The van der Waals surface area contributed by atoms with E-state index < -0.39 is 0 Å². The number of likely N-dealkylation sites (N-methyl/N-ethyl adjacent to an activating group) is 1. The maximum Gasteiger partial charge on any atom is 0.102 e. The topological polar surface area (TPSA) is 40.2 Å². The number of likely N-dealkylation sites (tertiary alicyclic amines) is 1. The molecule has 0 atom stereocenters. The largest absolute Gasteiger partial charge is 0.398 e. The molecule has 2 N–H and O–H groups in total. The van der Waals surface area contributed by atoms with Gasteiger partial charge in [-0.3, -0.25) is 0 Å². The maximum atomic E-state index is 5.98. The molecule has 0 radical (unpaired) electrons. The van der Waals surface area contributed by atoms with Gasteiger partial charge in [-0.05, 0) is 18.2 Å². The first-order valence-corrected chi connectivity index (χ1v) is 7.93. The molecule has 1 aromatic carbocycles. The Morgan fingerprint density at radius 3 is 2.81 bits per heavy atom. The maximum absolute atomic E-state index is 5.98. The molecule has 1 aromatic heterocycles. The van der Waals surface area contributed by atoms with Crippen LogP contribution in [0.1, 0.15) is 12.8 Å². The highest BCUT2D eigenvalue weighted by molar-refractivity contribution is 5.91. The minimum Gasteiger partial charge on any atom is -0.398 e. The van der Waals surface area contributed by atoms with E-state index in [4.69, 9.17) is 10.5 Å². The average molecular weight is 288 g/mol. The number of anilines is 1. The van der Waals surface area contributed by atoms with Crippen LogP contribution < -0.4 is 5.73 Å². The van der Waals surface area contributed by atoms with Crippen molar-refractivity contribution in [2.24, 2.45) is 0 Å². The molecule has 2 heterocycles. The first-order valence-electron chi connectivity index (χ1n) is 7.93. The van der Waals surface area contributed by atoms with Crippen LogP contribution in [-0.2, 0) is 11.3 Å². The van der Waals surface area contributed by atoms with Crippen molar-refractivity contribution < 1.29 is 9.22 Å². The summed E-state index contributed by atoms with van der Waals surface area (Å²) in [6.45, 7) is 6.27. The van der Waals surface area contributed by atoms with E-state index in [0.717, 1.165) is 37.4 Å². The minimum atomic E-state index is 0.762. The number of fused-ring (bicyclic) bond motifs is 1. The molecule has 0 aliphatic carbocycles. The summed E-state index contributed by atoms with van der Waals surface area (Å²) in [7, 11) is 2.35. The summed E-state index contributed by atoms with van der Waals surface area (Å²) < 4.78 is 9.25. The second-order valence-corrected chi connectivity index (χ2v) is 6.40. The Bertz CT molecular complexity index is 599. The van der Waals surface area contributed by atoms with Crippen LogP contribution >= 0.6 is 0 Å². The molecule has 21 heavy (non-hydrogen) atoms. The van der Waals surface area contributed by atoms with Crippen molar-refractivity contribution in [2.75, 3.05) is 45.6 Å². The summed E-state index contributed by atoms with van der Waals surface area (Å²) >= 11 is 0. The Labute approximate surface area is 126 Å². The fourth-order valence-electron chi connectivity index (χ4n) is 3.31. The lowest BCUT2D eigenvalue weighted by atomic mass is 10.2. The summed E-state index contributed by atoms with van der Waals surface area (Å²) in [4.78, 5) is 0. The highest BCUT2D eigenvalue weighted by Gasteiger charge is 2.25. The van der Waals surface area contributed by atoms with Gasteiger partial charge in [-0.1, -0.05) is 6.07 Å². The van der Waals surface area contributed by atoms with Gasteiger partial charge in [0.05, 0.1) is 38.9 Å². The SMILES string of the molecule is C[N+]1(CCOCCn2ccc3c(N)cccc32)CCCC1. The summed E-state index contributed by atoms with van der Waals surface area (Å²) in [5.41, 5.74) is 8.02. The van der Waals surface area contributed by atoms with Crippen LogP contribution in [0.15, 0.2) is 30.5 Å². The molecule has 0 unspecified atom stereocenters. The van der Waals surface area contributed by atoms with E-state index in [1.807, 2.05) is 12.1 Å². The van der Waals surface area contributed by atoms with Crippen LogP contribution in [-0.4, -0.2) is 48.9 Å². The van der Waals surface area contributed by atoms with Crippen molar-refractivity contribution in [1.82, 2.24) is 4.57 Å². The van der Waals surface area contributed by atoms with Crippen LogP contribution in [0.25, 0.3) is 10.9 Å². The van der Waals surface area contributed by atoms with Gasteiger partial charge in [-0.2, -0.15) is 0 Å². The fourth-order valence-corrected chi connectivity index (χ4v) is 3.31. The van der Waals surface area contributed by atoms with E-state index >= 15 is 0 Å². The lowest BCUT2D eigenvalue weighted by Crippen LogP contribution is -2.43. The summed E-state index contributed by atoms with van der Waals surface area (Å²) in [6, 6.07) is 8.15. The van der Waals surface area contributed by atoms with Crippen molar-refractivity contribution in [3.8, 4) is 0 Å². The number of rotatable bonds is 6. The third-order valence-electron chi connectivity index (χ3n) is 4.75. The van der Waals surface area contributed by atoms with Crippen molar-refractivity contribution in [2.45, 2.75) is 19.4 Å². The van der Waals surface area contributed by atoms with Gasteiger partial charge in [-0.25, -0.2) is 0 Å². The molecule has 1 aliphatic rings. The highest BCUT2D eigenvalue weighted by Crippen LogP contribution is 2.21. The molecule has 1 saturated heterocycles. The zero-order valence-electron chi connectivity index (χ0n) is 12.9. The summed E-state index contributed by atoms with van der Waals surface area (Å²) in [6.07, 6.45) is 4.83. The number of ether oxygens (including phenoxy) is 1. The monoisotopic (exact) mass is 288 g/mol. The van der Waals surface area contributed by atoms with Gasteiger partial charge in [-0.15, -0.1) is 0 Å². The van der Waals surface area contributed by atoms with Crippen LogP contribution in [0.2, 0.25) is 0 Å². The second kappa shape index (κ2) is 6.08. The molecular weight excluding hydrogens is 262 g/mol. The second-order valence-electron chi connectivity index (χ2n) is 6.40. The Morgan fingerprint density at radius 2 is 2.00 bits per heavy atom. The molecular formula is C17H26N3O+. The number of aromatic nitrogens is 1. The van der Waals surface area contributed by atoms with E-state index in [2.05, 4.69) is 29.9 Å². The zero-order valence-corrected chi connectivity index (χ0v) is 12.9. The van der Waals surface area contributed by atoms with Gasteiger partial charge >= 0.3 is 0 Å². The van der Waals surface area contributed by atoms with Gasteiger partial charge in [0.2, 0.25) is 0 Å². The van der Waals surface area contributed by atoms with E-state index in [1.54, 1.807) is 0 Å². The predicted molar refractivity (Wildman–Crippen MR) is 87.2 cm³/mol. The van der Waals surface area contributed by atoms with Gasteiger partial charge in [0.15, 0.2) is 0 Å². The van der Waals surface area contributed by atoms with Crippen LogP contribution in [0.5, 0.6) is 0 Å². The van der Waals surface area contributed by atoms with E-state index in [0.29, 0.717) is 0 Å². The van der Waals surface area contributed by atoms with E-state index in [1.165, 1.54) is 35.9 Å². The van der Waals surface area contributed by atoms with Crippen LogP contribution in [0, 0.1) is 0 Å². The first-order chi connectivity index (χ1) is 10.2. The summed E-state index contributed by atoms with van der Waals surface area (Å²) in [5.74, 6) is 0. The molecule has 0 amide bonds. The summed E-state index contributed by atoms with van der Waals surface area (Å²) in [5, 5.41) is 1.13. The van der Waals surface area contributed by atoms with Crippen LogP contribution in [0.4, 0.5) is 5.69 Å².